The zero-order valence-corrected chi connectivity index (χ0v) is 15.9. The number of anilines is 2. The Kier molecular flexibility index (Phi) is 4.74. The van der Waals surface area contributed by atoms with Crippen molar-refractivity contribution in [3.63, 3.8) is 0 Å². The summed E-state index contributed by atoms with van der Waals surface area (Å²) in [6, 6.07) is 14.3. The highest BCUT2D eigenvalue weighted by molar-refractivity contribution is 7.22. The number of aryl methyl sites for hydroxylation is 2. The van der Waals surface area contributed by atoms with Crippen LogP contribution in [0, 0.1) is 19.8 Å². The number of para-hydroxylation sites is 1. The molecule has 1 aliphatic heterocycles. The molecular weight excluding hydrogens is 344 g/mol. The van der Waals surface area contributed by atoms with E-state index in [4.69, 9.17) is 9.72 Å². The molecule has 0 saturated carbocycles. The highest BCUT2D eigenvalue weighted by Crippen LogP contribution is 2.36. The standard InChI is InChI=1S/C21H22N2O2S/c1-14-11-15(2)13-17(12-14)23(20(24)16-7-9-25-10-8-16)21-22-18-5-3-4-6-19(18)26-21/h3-6,11-13,16H,7-10H2,1-2H3. The number of hydrogen-bond acceptors (Lipinski definition) is 4. The number of benzene rings is 2. The first kappa shape index (κ1) is 17.2. The lowest BCUT2D eigenvalue weighted by atomic mass is 9.98. The summed E-state index contributed by atoms with van der Waals surface area (Å²) in [6.45, 7) is 5.42. The molecule has 1 amide bonds. The molecule has 1 fully saturated rings. The minimum Gasteiger partial charge on any atom is -0.381 e. The van der Waals surface area contributed by atoms with Crippen LogP contribution in [-0.4, -0.2) is 24.1 Å². The number of aromatic nitrogens is 1. The fourth-order valence-electron chi connectivity index (χ4n) is 3.49. The monoisotopic (exact) mass is 366 g/mol. The average Bonchev–Trinajstić information content (AvgIpc) is 3.05. The zero-order chi connectivity index (χ0) is 18.1. The van der Waals surface area contributed by atoms with E-state index < -0.39 is 0 Å². The summed E-state index contributed by atoms with van der Waals surface area (Å²) in [7, 11) is 0. The van der Waals surface area contributed by atoms with Gasteiger partial charge in [0, 0.05) is 19.1 Å². The molecule has 0 bridgehead atoms. The molecule has 4 rings (SSSR count). The second kappa shape index (κ2) is 7.17. The smallest absolute Gasteiger partial charge is 0.236 e. The van der Waals surface area contributed by atoms with Crippen molar-refractivity contribution in [1.29, 1.82) is 0 Å². The van der Waals surface area contributed by atoms with Crippen LogP contribution in [0.4, 0.5) is 10.8 Å². The third kappa shape index (κ3) is 3.37. The maximum Gasteiger partial charge on any atom is 0.236 e. The van der Waals surface area contributed by atoms with E-state index in [1.165, 1.54) is 0 Å². The first-order chi connectivity index (χ1) is 12.6. The Morgan fingerprint density at radius 3 is 2.50 bits per heavy atom. The lowest BCUT2D eigenvalue weighted by molar-refractivity contribution is -0.124. The Hall–Kier alpha value is -2.24. The zero-order valence-electron chi connectivity index (χ0n) is 15.1. The summed E-state index contributed by atoms with van der Waals surface area (Å²) in [4.78, 5) is 20.0. The average molecular weight is 366 g/mol. The van der Waals surface area contributed by atoms with Gasteiger partial charge < -0.3 is 4.74 Å². The van der Waals surface area contributed by atoms with Crippen molar-refractivity contribution in [2.75, 3.05) is 18.1 Å². The molecule has 2 aromatic carbocycles. The molecular formula is C21H22N2O2S. The summed E-state index contributed by atoms with van der Waals surface area (Å²) in [6.07, 6.45) is 1.54. The summed E-state index contributed by atoms with van der Waals surface area (Å²) < 4.78 is 6.54. The fourth-order valence-corrected chi connectivity index (χ4v) is 4.49. The van der Waals surface area contributed by atoms with Gasteiger partial charge in [0.1, 0.15) is 0 Å². The topological polar surface area (TPSA) is 42.4 Å². The number of fused-ring (bicyclic) bond motifs is 1. The summed E-state index contributed by atoms with van der Waals surface area (Å²) in [5.41, 5.74) is 4.12. The van der Waals surface area contributed by atoms with Crippen LogP contribution in [0.5, 0.6) is 0 Å². The van der Waals surface area contributed by atoms with Gasteiger partial charge in [-0.25, -0.2) is 4.98 Å². The minimum atomic E-state index is -0.0171. The van der Waals surface area contributed by atoms with Gasteiger partial charge in [-0.3, -0.25) is 9.69 Å². The highest BCUT2D eigenvalue weighted by Gasteiger charge is 2.30. The molecule has 5 heteroatoms. The van der Waals surface area contributed by atoms with Crippen LogP contribution in [0.25, 0.3) is 10.2 Å². The summed E-state index contributed by atoms with van der Waals surface area (Å²) in [5.74, 6) is 0.105. The van der Waals surface area contributed by atoms with Crippen LogP contribution in [0.15, 0.2) is 42.5 Å². The second-order valence-electron chi connectivity index (χ2n) is 6.87. The van der Waals surface area contributed by atoms with Crippen LogP contribution < -0.4 is 4.90 Å². The number of hydrogen-bond donors (Lipinski definition) is 0. The lowest BCUT2D eigenvalue weighted by Crippen LogP contribution is -2.35. The van der Waals surface area contributed by atoms with Crippen LogP contribution in [0.1, 0.15) is 24.0 Å². The molecule has 3 aromatic rings. The molecule has 26 heavy (non-hydrogen) atoms. The van der Waals surface area contributed by atoms with E-state index >= 15 is 0 Å². The van der Waals surface area contributed by atoms with Gasteiger partial charge in [0.05, 0.1) is 15.9 Å². The first-order valence-electron chi connectivity index (χ1n) is 8.97. The van der Waals surface area contributed by atoms with E-state index in [-0.39, 0.29) is 11.8 Å². The van der Waals surface area contributed by atoms with E-state index in [2.05, 4.69) is 38.1 Å². The molecule has 0 aliphatic carbocycles. The van der Waals surface area contributed by atoms with Gasteiger partial charge in [-0.1, -0.05) is 29.5 Å². The van der Waals surface area contributed by atoms with E-state index in [0.717, 1.165) is 45.0 Å². The van der Waals surface area contributed by atoms with E-state index in [9.17, 15) is 4.79 Å². The third-order valence-corrected chi connectivity index (χ3v) is 5.75. The van der Waals surface area contributed by atoms with Crippen molar-refractivity contribution < 1.29 is 9.53 Å². The van der Waals surface area contributed by atoms with Gasteiger partial charge in [0.15, 0.2) is 5.13 Å². The number of ether oxygens (including phenoxy) is 1. The molecule has 134 valence electrons. The van der Waals surface area contributed by atoms with Gasteiger partial charge >= 0.3 is 0 Å². The van der Waals surface area contributed by atoms with Crippen molar-refractivity contribution in [3.05, 3.63) is 53.6 Å². The minimum absolute atomic E-state index is 0.0171. The number of amides is 1. The number of carbonyl (C=O) groups is 1. The van der Waals surface area contributed by atoms with Crippen molar-refractivity contribution in [1.82, 2.24) is 4.98 Å². The largest absolute Gasteiger partial charge is 0.381 e. The number of thiazole rings is 1. The summed E-state index contributed by atoms with van der Waals surface area (Å²) in [5, 5.41) is 0.743. The molecule has 0 N–H and O–H groups in total. The van der Waals surface area contributed by atoms with Crippen molar-refractivity contribution in [2.24, 2.45) is 5.92 Å². The molecule has 2 heterocycles. The van der Waals surface area contributed by atoms with Crippen LogP contribution >= 0.6 is 11.3 Å². The van der Waals surface area contributed by atoms with E-state index in [0.29, 0.717) is 13.2 Å². The quantitative estimate of drug-likeness (QED) is 0.655. The maximum atomic E-state index is 13.4. The molecule has 0 spiro atoms. The van der Waals surface area contributed by atoms with Crippen LogP contribution in [0.3, 0.4) is 0 Å². The Bertz CT molecular complexity index is 891. The number of nitrogens with zero attached hydrogens (tertiary/aromatic N) is 2. The van der Waals surface area contributed by atoms with Gasteiger partial charge in [0.25, 0.3) is 0 Å². The van der Waals surface area contributed by atoms with Crippen molar-refractivity contribution >= 4 is 38.3 Å². The maximum absolute atomic E-state index is 13.4. The third-order valence-electron chi connectivity index (χ3n) is 4.73. The Morgan fingerprint density at radius 1 is 1.12 bits per heavy atom. The fraction of sp³-hybridized carbons (Fsp3) is 0.333. The van der Waals surface area contributed by atoms with E-state index in [1.807, 2.05) is 23.1 Å². The van der Waals surface area contributed by atoms with Crippen molar-refractivity contribution in [2.45, 2.75) is 26.7 Å². The molecule has 0 atom stereocenters. The van der Waals surface area contributed by atoms with Crippen molar-refractivity contribution in [3.8, 4) is 0 Å². The predicted molar refractivity (Wildman–Crippen MR) is 106 cm³/mol. The highest BCUT2D eigenvalue weighted by atomic mass is 32.1. The molecule has 4 nitrogen and oxygen atoms in total. The number of carbonyl (C=O) groups excluding carboxylic acids is 1. The summed E-state index contributed by atoms with van der Waals surface area (Å²) >= 11 is 1.57. The molecule has 1 aliphatic rings. The molecule has 0 radical (unpaired) electrons. The molecule has 0 unspecified atom stereocenters. The SMILES string of the molecule is Cc1cc(C)cc(N(C(=O)C2CCOCC2)c2nc3ccccc3s2)c1. The van der Waals surface area contributed by atoms with Gasteiger partial charge in [-0.15, -0.1) is 0 Å². The Morgan fingerprint density at radius 2 is 1.81 bits per heavy atom. The van der Waals surface area contributed by atoms with E-state index in [1.54, 1.807) is 11.3 Å². The molecule has 1 saturated heterocycles. The lowest BCUT2D eigenvalue weighted by Gasteiger charge is -2.28. The van der Waals surface area contributed by atoms with Gasteiger partial charge in [-0.2, -0.15) is 0 Å². The number of rotatable bonds is 3. The van der Waals surface area contributed by atoms with Gasteiger partial charge in [0.2, 0.25) is 5.91 Å². The van der Waals surface area contributed by atoms with Crippen LogP contribution in [0.2, 0.25) is 0 Å². The Labute approximate surface area is 157 Å². The molecule has 1 aromatic heterocycles. The first-order valence-corrected chi connectivity index (χ1v) is 9.79. The van der Waals surface area contributed by atoms with Gasteiger partial charge in [-0.05, 0) is 62.1 Å². The van der Waals surface area contributed by atoms with Crippen LogP contribution in [-0.2, 0) is 9.53 Å². The predicted octanol–water partition coefficient (Wildman–Crippen LogP) is 5.00. The Balaban J connectivity index is 1.81. The second-order valence-corrected chi connectivity index (χ2v) is 7.88. The normalized spacial score (nSPS) is 15.3.